The second-order valence-electron chi connectivity index (χ2n) is 5.16. The van der Waals surface area contributed by atoms with Crippen molar-refractivity contribution >= 4 is 0 Å². The average molecular weight is 212 g/mol. The first kappa shape index (κ1) is 13.0. The van der Waals surface area contributed by atoms with Crippen molar-refractivity contribution in [2.75, 3.05) is 20.1 Å². The summed E-state index contributed by atoms with van der Waals surface area (Å²) in [6.07, 6.45) is 8.22. The van der Waals surface area contributed by atoms with Crippen LogP contribution in [0.3, 0.4) is 0 Å². The molecule has 15 heavy (non-hydrogen) atoms. The van der Waals surface area contributed by atoms with Crippen LogP contribution in [0.1, 0.15) is 52.4 Å². The number of likely N-dealkylation sites (tertiary alicyclic amines) is 1. The molecule has 0 aromatic rings. The molecule has 0 amide bonds. The number of unbranched alkanes of at least 4 members (excludes halogenated alkanes) is 3. The fraction of sp³-hybridized carbons (Fsp3) is 1.00. The van der Waals surface area contributed by atoms with Crippen LogP contribution >= 0.6 is 0 Å². The van der Waals surface area contributed by atoms with Crippen LogP contribution in [-0.2, 0) is 0 Å². The second kappa shape index (κ2) is 7.24. The molecular formula is C13H28N2. The van der Waals surface area contributed by atoms with Gasteiger partial charge in [-0.15, -0.1) is 0 Å². The Morgan fingerprint density at radius 1 is 1.33 bits per heavy atom. The predicted molar refractivity (Wildman–Crippen MR) is 67.3 cm³/mol. The van der Waals surface area contributed by atoms with Crippen molar-refractivity contribution in [2.45, 2.75) is 64.5 Å². The number of rotatable bonds is 7. The van der Waals surface area contributed by atoms with Gasteiger partial charge in [0, 0.05) is 18.6 Å². The minimum atomic E-state index is 0.707. The van der Waals surface area contributed by atoms with E-state index in [9.17, 15) is 0 Å². The molecule has 1 heterocycles. The molecule has 0 saturated carbocycles. The highest BCUT2D eigenvalue weighted by Gasteiger charge is 2.20. The van der Waals surface area contributed by atoms with Gasteiger partial charge in [-0.25, -0.2) is 0 Å². The Hall–Kier alpha value is -0.0800. The molecule has 0 aromatic heterocycles. The van der Waals surface area contributed by atoms with Gasteiger partial charge >= 0.3 is 0 Å². The van der Waals surface area contributed by atoms with E-state index in [2.05, 4.69) is 31.1 Å². The highest BCUT2D eigenvalue weighted by molar-refractivity contribution is 4.80. The van der Waals surface area contributed by atoms with Gasteiger partial charge < -0.3 is 10.2 Å². The lowest BCUT2D eigenvalue weighted by Gasteiger charge is -2.19. The first-order valence-electron chi connectivity index (χ1n) is 6.67. The number of nitrogens with one attached hydrogen (secondary N) is 1. The Morgan fingerprint density at radius 3 is 2.73 bits per heavy atom. The van der Waals surface area contributed by atoms with Gasteiger partial charge in [0.25, 0.3) is 0 Å². The SMILES string of the molecule is CCCCCCC(C)NC1CCN(C)C1. The number of nitrogens with zero attached hydrogens (tertiary/aromatic N) is 1. The van der Waals surface area contributed by atoms with Crippen molar-refractivity contribution < 1.29 is 0 Å². The molecule has 2 unspecified atom stereocenters. The Labute approximate surface area is 95.4 Å². The molecule has 90 valence electrons. The van der Waals surface area contributed by atoms with Crippen LogP contribution in [-0.4, -0.2) is 37.1 Å². The molecule has 1 aliphatic rings. The van der Waals surface area contributed by atoms with E-state index in [4.69, 9.17) is 0 Å². The van der Waals surface area contributed by atoms with Crippen molar-refractivity contribution in [3.05, 3.63) is 0 Å². The zero-order valence-electron chi connectivity index (χ0n) is 10.8. The van der Waals surface area contributed by atoms with Crippen LogP contribution < -0.4 is 5.32 Å². The topological polar surface area (TPSA) is 15.3 Å². The standard InChI is InChI=1S/C13H28N2/c1-4-5-6-7-8-12(2)14-13-9-10-15(3)11-13/h12-14H,4-11H2,1-3H3. The number of hydrogen-bond acceptors (Lipinski definition) is 2. The molecule has 2 nitrogen and oxygen atoms in total. The Bertz CT molecular complexity index is 159. The summed E-state index contributed by atoms with van der Waals surface area (Å²) in [6.45, 7) is 7.11. The fourth-order valence-corrected chi connectivity index (χ4v) is 2.43. The summed E-state index contributed by atoms with van der Waals surface area (Å²) in [7, 11) is 2.22. The van der Waals surface area contributed by atoms with E-state index >= 15 is 0 Å². The summed E-state index contributed by atoms with van der Waals surface area (Å²) in [5, 5.41) is 3.74. The van der Waals surface area contributed by atoms with Crippen LogP contribution in [0.5, 0.6) is 0 Å². The Kier molecular flexibility index (Phi) is 6.26. The van der Waals surface area contributed by atoms with Crippen molar-refractivity contribution in [1.82, 2.24) is 10.2 Å². The van der Waals surface area contributed by atoms with E-state index in [1.165, 1.54) is 51.6 Å². The van der Waals surface area contributed by atoms with Crippen molar-refractivity contribution in [2.24, 2.45) is 0 Å². The highest BCUT2D eigenvalue weighted by atomic mass is 15.2. The first-order valence-corrected chi connectivity index (χ1v) is 6.67. The molecule has 1 N–H and O–H groups in total. The molecule has 1 aliphatic heterocycles. The molecule has 2 atom stereocenters. The van der Waals surface area contributed by atoms with E-state index in [0.717, 1.165) is 6.04 Å². The van der Waals surface area contributed by atoms with Gasteiger partial charge in [0.2, 0.25) is 0 Å². The van der Waals surface area contributed by atoms with Crippen molar-refractivity contribution in [1.29, 1.82) is 0 Å². The minimum Gasteiger partial charge on any atom is -0.310 e. The number of likely N-dealkylation sites (N-methyl/N-ethyl adjacent to an activating group) is 1. The van der Waals surface area contributed by atoms with Crippen LogP contribution in [0.15, 0.2) is 0 Å². The summed E-state index contributed by atoms with van der Waals surface area (Å²) in [5.74, 6) is 0. The summed E-state index contributed by atoms with van der Waals surface area (Å²) >= 11 is 0. The van der Waals surface area contributed by atoms with E-state index in [1.54, 1.807) is 0 Å². The Morgan fingerprint density at radius 2 is 2.13 bits per heavy atom. The lowest BCUT2D eigenvalue weighted by atomic mass is 10.1. The zero-order chi connectivity index (χ0) is 11.1. The van der Waals surface area contributed by atoms with Crippen molar-refractivity contribution in [3.8, 4) is 0 Å². The van der Waals surface area contributed by atoms with E-state index in [-0.39, 0.29) is 0 Å². The van der Waals surface area contributed by atoms with Gasteiger partial charge in [-0.1, -0.05) is 32.6 Å². The lowest BCUT2D eigenvalue weighted by Crippen LogP contribution is -2.38. The van der Waals surface area contributed by atoms with Gasteiger partial charge in [0.05, 0.1) is 0 Å². The first-order chi connectivity index (χ1) is 7.22. The predicted octanol–water partition coefficient (Wildman–Crippen LogP) is 2.64. The highest BCUT2D eigenvalue weighted by Crippen LogP contribution is 2.10. The lowest BCUT2D eigenvalue weighted by molar-refractivity contribution is 0.376. The third kappa shape index (κ3) is 5.53. The maximum atomic E-state index is 3.74. The summed E-state index contributed by atoms with van der Waals surface area (Å²) < 4.78 is 0. The van der Waals surface area contributed by atoms with Crippen LogP contribution in [0, 0.1) is 0 Å². The molecule has 0 aliphatic carbocycles. The molecule has 0 spiro atoms. The summed E-state index contributed by atoms with van der Waals surface area (Å²) in [4.78, 5) is 2.42. The maximum absolute atomic E-state index is 3.74. The van der Waals surface area contributed by atoms with E-state index < -0.39 is 0 Å². The molecule has 0 bridgehead atoms. The summed E-state index contributed by atoms with van der Waals surface area (Å²) in [6, 6.07) is 1.45. The molecular weight excluding hydrogens is 184 g/mol. The van der Waals surface area contributed by atoms with Gasteiger partial charge in [0.1, 0.15) is 0 Å². The van der Waals surface area contributed by atoms with E-state index in [1.807, 2.05) is 0 Å². The number of hydrogen-bond donors (Lipinski definition) is 1. The van der Waals surface area contributed by atoms with Crippen LogP contribution in [0.4, 0.5) is 0 Å². The van der Waals surface area contributed by atoms with Gasteiger partial charge in [-0.05, 0) is 33.4 Å². The Balaban J connectivity index is 2.00. The zero-order valence-corrected chi connectivity index (χ0v) is 10.8. The molecule has 1 rings (SSSR count). The normalized spacial score (nSPS) is 24.6. The fourth-order valence-electron chi connectivity index (χ4n) is 2.43. The largest absolute Gasteiger partial charge is 0.310 e. The molecule has 1 saturated heterocycles. The monoisotopic (exact) mass is 212 g/mol. The quantitative estimate of drug-likeness (QED) is 0.653. The van der Waals surface area contributed by atoms with Crippen molar-refractivity contribution in [3.63, 3.8) is 0 Å². The summed E-state index contributed by atoms with van der Waals surface area (Å²) in [5.41, 5.74) is 0. The molecule has 0 radical (unpaired) electrons. The third-order valence-electron chi connectivity index (χ3n) is 3.40. The minimum absolute atomic E-state index is 0.707. The molecule has 0 aromatic carbocycles. The molecule has 1 fully saturated rings. The van der Waals surface area contributed by atoms with Gasteiger partial charge in [-0.2, -0.15) is 0 Å². The third-order valence-corrected chi connectivity index (χ3v) is 3.40. The average Bonchev–Trinajstić information content (AvgIpc) is 2.59. The second-order valence-corrected chi connectivity index (χ2v) is 5.16. The molecule has 2 heteroatoms. The van der Waals surface area contributed by atoms with Gasteiger partial charge in [0.15, 0.2) is 0 Å². The van der Waals surface area contributed by atoms with Gasteiger partial charge in [-0.3, -0.25) is 0 Å². The van der Waals surface area contributed by atoms with Crippen LogP contribution in [0.25, 0.3) is 0 Å². The van der Waals surface area contributed by atoms with E-state index in [0.29, 0.717) is 6.04 Å². The maximum Gasteiger partial charge on any atom is 0.0209 e. The van der Waals surface area contributed by atoms with Crippen LogP contribution in [0.2, 0.25) is 0 Å². The smallest absolute Gasteiger partial charge is 0.0209 e.